The summed E-state index contributed by atoms with van der Waals surface area (Å²) in [4.78, 5) is 0. The first kappa shape index (κ1) is 15.5. The highest BCUT2D eigenvalue weighted by atomic mass is 16.5. The van der Waals surface area contributed by atoms with Gasteiger partial charge >= 0.3 is 0 Å². The average molecular weight is 316 g/mol. The minimum atomic E-state index is -0.936. The van der Waals surface area contributed by atoms with Crippen LogP contribution >= 0.6 is 0 Å². The van der Waals surface area contributed by atoms with Crippen molar-refractivity contribution in [2.24, 2.45) is 17.3 Å². The largest absolute Gasteiger partial charge is 0.497 e. The minimum Gasteiger partial charge on any atom is -0.497 e. The summed E-state index contributed by atoms with van der Waals surface area (Å²) in [5.41, 5.74) is 1.84. The molecule has 0 amide bonds. The van der Waals surface area contributed by atoms with Crippen molar-refractivity contribution in [1.82, 2.24) is 0 Å². The second-order valence-electron chi connectivity index (χ2n) is 8.49. The first-order chi connectivity index (χ1) is 10.9. The Labute approximate surface area is 138 Å². The number of aliphatic hydroxyl groups excluding tert-OH is 1. The topological polar surface area (TPSA) is 49.7 Å². The molecule has 3 aliphatic rings. The number of hydrogen-bond donors (Lipinski definition) is 2. The number of ether oxygens (including phenoxy) is 1. The summed E-state index contributed by atoms with van der Waals surface area (Å²) >= 11 is 0. The van der Waals surface area contributed by atoms with Crippen molar-refractivity contribution < 1.29 is 14.9 Å². The summed E-state index contributed by atoms with van der Waals surface area (Å²) in [7, 11) is 1.72. The molecule has 0 spiro atoms. The average Bonchev–Trinajstić information content (AvgIpc) is 2.73. The highest BCUT2D eigenvalue weighted by molar-refractivity contribution is 5.40. The zero-order valence-electron chi connectivity index (χ0n) is 14.4. The van der Waals surface area contributed by atoms with E-state index in [1.807, 2.05) is 6.92 Å². The van der Waals surface area contributed by atoms with Gasteiger partial charge in [0, 0.05) is 0 Å². The summed E-state index contributed by atoms with van der Waals surface area (Å²) in [6.07, 6.45) is 4.49. The lowest BCUT2D eigenvalue weighted by Gasteiger charge is -2.50. The van der Waals surface area contributed by atoms with Crippen molar-refractivity contribution in [3.63, 3.8) is 0 Å². The fraction of sp³-hybridized carbons (Fsp3) is 0.700. The van der Waals surface area contributed by atoms with E-state index >= 15 is 0 Å². The third-order valence-electron chi connectivity index (χ3n) is 7.22. The molecule has 4 rings (SSSR count). The van der Waals surface area contributed by atoms with Gasteiger partial charge in [-0.25, -0.2) is 0 Å². The highest BCUT2D eigenvalue weighted by Gasteiger charge is 2.61. The van der Waals surface area contributed by atoms with Crippen LogP contribution in [0.2, 0.25) is 0 Å². The van der Waals surface area contributed by atoms with Crippen molar-refractivity contribution >= 4 is 0 Å². The van der Waals surface area contributed by atoms with Gasteiger partial charge in [-0.05, 0) is 85.5 Å². The lowest BCUT2D eigenvalue weighted by molar-refractivity contribution is -0.0903. The lowest BCUT2D eigenvalue weighted by atomic mass is 9.55. The number of methoxy groups -OCH3 is 1. The summed E-state index contributed by atoms with van der Waals surface area (Å²) in [6.45, 7) is 4.02. The van der Waals surface area contributed by atoms with Crippen molar-refractivity contribution in [1.29, 1.82) is 0 Å². The smallest absolute Gasteiger partial charge is 0.119 e. The second-order valence-corrected chi connectivity index (χ2v) is 8.49. The Hall–Kier alpha value is -1.06. The number of aliphatic hydroxyl groups is 2. The van der Waals surface area contributed by atoms with Crippen molar-refractivity contribution in [3.05, 3.63) is 29.3 Å². The molecule has 3 heteroatoms. The first-order valence-corrected chi connectivity index (χ1v) is 8.94. The normalized spacial score (nSPS) is 45.1. The molecule has 0 heterocycles. The van der Waals surface area contributed by atoms with E-state index in [-0.39, 0.29) is 5.41 Å². The molecule has 0 saturated heterocycles. The number of fused-ring (bicyclic) bond motifs is 5. The molecule has 0 radical (unpaired) electrons. The van der Waals surface area contributed by atoms with Gasteiger partial charge in [0.25, 0.3) is 0 Å². The maximum Gasteiger partial charge on any atom is 0.119 e. The fourth-order valence-corrected chi connectivity index (χ4v) is 6.02. The van der Waals surface area contributed by atoms with Gasteiger partial charge in [0.1, 0.15) is 5.75 Å². The Morgan fingerprint density at radius 1 is 1.22 bits per heavy atom. The number of benzene rings is 1. The van der Waals surface area contributed by atoms with Crippen LogP contribution in [0.25, 0.3) is 0 Å². The van der Waals surface area contributed by atoms with Gasteiger partial charge in [-0.1, -0.05) is 13.0 Å². The Balaban J connectivity index is 1.70. The van der Waals surface area contributed by atoms with E-state index in [9.17, 15) is 10.2 Å². The third kappa shape index (κ3) is 2.09. The summed E-state index contributed by atoms with van der Waals surface area (Å²) < 4.78 is 5.38. The van der Waals surface area contributed by atoms with Crippen LogP contribution in [0.5, 0.6) is 5.75 Å². The van der Waals surface area contributed by atoms with Crippen LogP contribution < -0.4 is 4.74 Å². The second kappa shape index (κ2) is 4.97. The van der Waals surface area contributed by atoms with Gasteiger partial charge in [0.05, 0.1) is 18.8 Å². The van der Waals surface area contributed by atoms with E-state index in [2.05, 4.69) is 25.1 Å². The van der Waals surface area contributed by atoms with Crippen LogP contribution in [0, 0.1) is 17.3 Å². The quantitative estimate of drug-likeness (QED) is 0.836. The molecular weight excluding hydrogens is 288 g/mol. The van der Waals surface area contributed by atoms with E-state index in [1.54, 1.807) is 7.11 Å². The van der Waals surface area contributed by atoms with Crippen LogP contribution in [0.3, 0.4) is 0 Å². The summed E-state index contributed by atoms with van der Waals surface area (Å²) in [5, 5.41) is 21.3. The van der Waals surface area contributed by atoms with E-state index in [0.29, 0.717) is 17.8 Å². The van der Waals surface area contributed by atoms with Gasteiger partial charge in [-0.2, -0.15) is 0 Å². The zero-order chi connectivity index (χ0) is 16.4. The van der Waals surface area contributed by atoms with Gasteiger partial charge < -0.3 is 14.9 Å². The third-order valence-corrected chi connectivity index (χ3v) is 7.22. The molecule has 0 bridgehead atoms. The molecule has 6 atom stereocenters. The Kier molecular flexibility index (Phi) is 3.34. The molecule has 1 aromatic rings. The standard InChI is InChI=1S/C20H28O3/c1-19-9-8-15-14-7-5-13(23-3)10-12(14)4-6-16(15)17(19)11-20(2,22)18(19)21/h5,7,10,15-18,21-22H,4,6,8-9,11H2,1-3H3/t15-,16-,17+,18-,19-,20+/m1/s1. The molecular formula is C20H28O3. The molecule has 1 aromatic carbocycles. The molecule has 3 nitrogen and oxygen atoms in total. The molecule has 2 N–H and O–H groups in total. The zero-order valence-corrected chi connectivity index (χ0v) is 14.4. The van der Waals surface area contributed by atoms with Crippen LogP contribution in [-0.2, 0) is 6.42 Å². The van der Waals surface area contributed by atoms with Crippen LogP contribution in [0.1, 0.15) is 56.6 Å². The Morgan fingerprint density at radius 3 is 2.74 bits per heavy atom. The predicted octanol–water partition coefficient (Wildman–Crippen LogP) is 3.27. The van der Waals surface area contributed by atoms with E-state index < -0.39 is 11.7 Å². The lowest BCUT2D eigenvalue weighted by Crippen LogP contribution is -2.46. The minimum absolute atomic E-state index is 0.130. The monoisotopic (exact) mass is 316 g/mol. The summed E-state index contributed by atoms with van der Waals surface area (Å²) in [5.74, 6) is 2.52. The predicted molar refractivity (Wildman–Crippen MR) is 89.6 cm³/mol. The number of hydrogen-bond acceptors (Lipinski definition) is 3. The maximum absolute atomic E-state index is 10.7. The van der Waals surface area contributed by atoms with Gasteiger partial charge in [0.2, 0.25) is 0 Å². The highest BCUT2D eigenvalue weighted by Crippen LogP contribution is 2.63. The molecule has 126 valence electrons. The van der Waals surface area contributed by atoms with Crippen molar-refractivity contribution in [2.45, 2.75) is 63.6 Å². The van der Waals surface area contributed by atoms with Crippen LogP contribution in [0.15, 0.2) is 18.2 Å². The summed E-state index contributed by atoms with van der Waals surface area (Å²) in [6, 6.07) is 6.52. The molecule has 0 unspecified atom stereocenters. The molecule has 0 aromatic heterocycles. The number of aryl methyl sites for hydroxylation is 1. The van der Waals surface area contributed by atoms with E-state index in [0.717, 1.165) is 37.9 Å². The van der Waals surface area contributed by atoms with Crippen LogP contribution in [-0.4, -0.2) is 29.0 Å². The first-order valence-electron chi connectivity index (χ1n) is 8.94. The fourth-order valence-electron chi connectivity index (χ4n) is 6.02. The van der Waals surface area contributed by atoms with Gasteiger partial charge in [0.15, 0.2) is 0 Å². The molecule has 2 saturated carbocycles. The molecule has 3 aliphatic carbocycles. The van der Waals surface area contributed by atoms with Crippen LogP contribution in [0.4, 0.5) is 0 Å². The van der Waals surface area contributed by atoms with Crippen molar-refractivity contribution in [3.8, 4) is 5.75 Å². The van der Waals surface area contributed by atoms with Gasteiger partial charge in [-0.15, -0.1) is 0 Å². The van der Waals surface area contributed by atoms with E-state index in [4.69, 9.17) is 4.74 Å². The Morgan fingerprint density at radius 2 is 2.00 bits per heavy atom. The van der Waals surface area contributed by atoms with Crippen molar-refractivity contribution in [2.75, 3.05) is 7.11 Å². The SMILES string of the molecule is COc1ccc2c(c1)CC[C@@H]1[C@@H]2CC[C@@]2(C)[C@@H](O)[C@@](C)(O)C[C@@H]12. The number of rotatable bonds is 1. The maximum atomic E-state index is 10.7. The van der Waals surface area contributed by atoms with E-state index in [1.165, 1.54) is 11.1 Å². The molecule has 2 fully saturated rings. The van der Waals surface area contributed by atoms with Gasteiger partial charge in [-0.3, -0.25) is 0 Å². The molecule has 23 heavy (non-hydrogen) atoms. The Bertz CT molecular complexity index is 623. The molecule has 0 aliphatic heterocycles.